The van der Waals surface area contributed by atoms with Crippen molar-refractivity contribution >= 4 is 5.91 Å². The molecule has 0 saturated heterocycles. The molecule has 2 rings (SSSR count). The lowest BCUT2D eigenvalue weighted by atomic mass is 9.78. The normalized spacial score (nSPS) is 26.5. The minimum Gasteiger partial charge on any atom is -0.388 e. The fraction of sp³-hybridized carbons (Fsp3) is 0.733. The first-order valence-electron chi connectivity index (χ1n) is 7.38. The average molecular weight is 280 g/mol. The number of aromatic nitrogens is 1. The van der Waals surface area contributed by atoms with Crippen molar-refractivity contribution < 1.29 is 14.4 Å². The Morgan fingerprint density at radius 2 is 2.10 bits per heavy atom. The van der Waals surface area contributed by atoms with Crippen LogP contribution in [-0.2, 0) is 0 Å². The van der Waals surface area contributed by atoms with Gasteiger partial charge in [0.15, 0.2) is 0 Å². The summed E-state index contributed by atoms with van der Waals surface area (Å²) in [5.41, 5.74) is 0.304. The van der Waals surface area contributed by atoms with Gasteiger partial charge in [-0.05, 0) is 45.4 Å². The molecule has 0 atom stereocenters. The van der Waals surface area contributed by atoms with E-state index >= 15 is 0 Å². The third-order valence-corrected chi connectivity index (χ3v) is 4.45. The first-order valence-corrected chi connectivity index (χ1v) is 7.38. The topological polar surface area (TPSA) is 75.4 Å². The average Bonchev–Trinajstić information content (AvgIpc) is 2.77. The van der Waals surface area contributed by atoms with E-state index < -0.39 is 5.60 Å². The third-order valence-electron chi connectivity index (χ3n) is 4.45. The van der Waals surface area contributed by atoms with Crippen molar-refractivity contribution in [2.45, 2.75) is 58.5 Å². The number of amides is 1. The van der Waals surface area contributed by atoms with Crippen LogP contribution in [-0.4, -0.2) is 28.3 Å². The fourth-order valence-corrected chi connectivity index (χ4v) is 2.94. The van der Waals surface area contributed by atoms with Gasteiger partial charge in [0.2, 0.25) is 0 Å². The molecule has 1 saturated carbocycles. The second-order valence-electron chi connectivity index (χ2n) is 5.96. The molecular formula is C15H24N2O3. The van der Waals surface area contributed by atoms with Crippen molar-refractivity contribution in [3.05, 3.63) is 17.0 Å². The van der Waals surface area contributed by atoms with E-state index in [0.29, 0.717) is 29.5 Å². The zero-order chi connectivity index (χ0) is 14.8. The zero-order valence-electron chi connectivity index (χ0n) is 12.5. The number of rotatable bonds is 4. The summed E-state index contributed by atoms with van der Waals surface area (Å²) >= 11 is 0. The second kappa shape index (κ2) is 5.95. The zero-order valence-corrected chi connectivity index (χ0v) is 12.5. The minimum atomic E-state index is -0.764. The Morgan fingerprint density at radius 1 is 1.45 bits per heavy atom. The van der Waals surface area contributed by atoms with Gasteiger partial charge in [0.1, 0.15) is 11.3 Å². The predicted octanol–water partition coefficient (Wildman–Crippen LogP) is 2.35. The summed E-state index contributed by atoms with van der Waals surface area (Å²) in [4.78, 5) is 12.1. The highest BCUT2D eigenvalue weighted by Crippen LogP contribution is 2.33. The van der Waals surface area contributed by atoms with Crippen molar-refractivity contribution in [3.63, 3.8) is 0 Å². The first kappa shape index (κ1) is 15.0. The van der Waals surface area contributed by atoms with Crippen molar-refractivity contribution in [2.75, 3.05) is 6.54 Å². The molecule has 1 heterocycles. The quantitative estimate of drug-likeness (QED) is 0.887. The van der Waals surface area contributed by atoms with Crippen LogP contribution in [0.2, 0.25) is 0 Å². The van der Waals surface area contributed by atoms with Gasteiger partial charge in [0.25, 0.3) is 5.91 Å². The van der Waals surface area contributed by atoms with Gasteiger partial charge >= 0.3 is 0 Å². The largest absolute Gasteiger partial charge is 0.388 e. The Labute approximate surface area is 119 Å². The molecule has 1 fully saturated rings. The van der Waals surface area contributed by atoms with E-state index in [2.05, 4.69) is 17.4 Å². The molecule has 1 aliphatic carbocycles. The van der Waals surface area contributed by atoms with Crippen molar-refractivity contribution in [2.24, 2.45) is 5.92 Å². The minimum absolute atomic E-state index is 0.215. The number of hydrogen-bond donors (Lipinski definition) is 2. The summed E-state index contributed by atoms with van der Waals surface area (Å²) in [5, 5.41) is 17.1. The molecule has 112 valence electrons. The lowest BCUT2D eigenvalue weighted by Gasteiger charge is -2.35. The van der Waals surface area contributed by atoms with E-state index in [0.717, 1.165) is 25.7 Å². The number of carbonyl (C=O) groups excluding carboxylic acids is 1. The predicted molar refractivity (Wildman–Crippen MR) is 75.5 cm³/mol. The molecule has 1 amide bonds. The summed E-state index contributed by atoms with van der Waals surface area (Å²) in [6, 6.07) is 0. The maximum absolute atomic E-state index is 12.1. The summed E-state index contributed by atoms with van der Waals surface area (Å²) in [6.07, 6.45) is 4.75. The molecule has 0 radical (unpaired) electrons. The Kier molecular flexibility index (Phi) is 4.48. The number of aryl methyl sites for hydroxylation is 2. The molecule has 1 aromatic heterocycles. The van der Waals surface area contributed by atoms with E-state index in [9.17, 15) is 9.90 Å². The fourth-order valence-electron chi connectivity index (χ4n) is 2.94. The molecule has 1 aliphatic rings. The van der Waals surface area contributed by atoms with Gasteiger partial charge in [-0.2, -0.15) is 0 Å². The monoisotopic (exact) mass is 280 g/mol. The summed E-state index contributed by atoms with van der Waals surface area (Å²) in [5.74, 6) is 1.02. The Bertz CT molecular complexity index is 454. The highest BCUT2D eigenvalue weighted by molar-refractivity contribution is 5.96. The lowest BCUT2D eigenvalue weighted by molar-refractivity contribution is -0.00788. The molecule has 2 N–H and O–H groups in total. The number of carbonyl (C=O) groups is 1. The van der Waals surface area contributed by atoms with Crippen molar-refractivity contribution in [1.29, 1.82) is 0 Å². The molecule has 1 aromatic rings. The van der Waals surface area contributed by atoms with Crippen LogP contribution in [0.4, 0.5) is 0 Å². The first-order chi connectivity index (χ1) is 9.45. The van der Waals surface area contributed by atoms with Crippen LogP contribution in [0.25, 0.3) is 0 Å². The molecule has 5 heteroatoms. The van der Waals surface area contributed by atoms with Crippen molar-refractivity contribution in [3.8, 4) is 0 Å². The maximum Gasteiger partial charge on any atom is 0.256 e. The van der Waals surface area contributed by atoms with Gasteiger partial charge in [-0.1, -0.05) is 18.5 Å². The highest BCUT2D eigenvalue weighted by atomic mass is 16.5. The molecule has 0 aromatic carbocycles. The van der Waals surface area contributed by atoms with Crippen LogP contribution < -0.4 is 5.32 Å². The summed E-state index contributed by atoms with van der Waals surface area (Å²) < 4.78 is 4.99. The summed E-state index contributed by atoms with van der Waals surface area (Å²) in [6.45, 7) is 5.95. The van der Waals surface area contributed by atoms with Gasteiger partial charge in [-0.15, -0.1) is 0 Å². The van der Waals surface area contributed by atoms with Gasteiger partial charge in [-0.3, -0.25) is 4.79 Å². The molecule has 0 bridgehead atoms. The van der Waals surface area contributed by atoms with Crippen LogP contribution in [0, 0.1) is 19.8 Å². The van der Waals surface area contributed by atoms with Gasteiger partial charge in [0.05, 0.1) is 11.3 Å². The smallest absolute Gasteiger partial charge is 0.256 e. The van der Waals surface area contributed by atoms with Crippen LogP contribution in [0.15, 0.2) is 4.52 Å². The number of hydrogen-bond acceptors (Lipinski definition) is 4. The maximum atomic E-state index is 12.1. The SMILES string of the molecule is CCC1CCC(O)(CNC(=O)c2c(C)noc2C)CC1. The Morgan fingerprint density at radius 3 is 2.60 bits per heavy atom. The van der Waals surface area contributed by atoms with Gasteiger partial charge in [0, 0.05) is 6.54 Å². The number of nitrogens with zero attached hydrogens (tertiary/aromatic N) is 1. The van der Waals surface area contributed by atoms with E-state index in [1.807, 2.05) is 0 Å². The molecular weight excluding hydrogens is 256 g/mol. The Hall–Kier alpha value is -1.36. The van der Waals surface area contributed by atoms with Crippen molar-refractivity contribution in [1.82, 2.24) is 10.5 Å². The van der Waals surface area contributed by atoms with E-state index in [1.54, 1.807) is 13.8 Å². The van der Waals surface area contributed by atoms with Crippen LogP contribution in [0.1, 0.15) is 60.8 Å². The van der Waals surface area contributed by atoms with E-state index in [4.69, 9.17) is 4.52 Å². The summed E-state index contributed by atoms with van der Waals surface area (Å²) in [7, 11) is 0. The van der Waals surface area contributed by atoms with Gasteiger partial charge < -0.3 is 14.9 Å². The molecule has 5 nitrogen and oxygen atoms in total. The van der Waals surface area contributed by atoms with E-state index in [-0.39, 0.29) is 5.91 Å². The van der Waals surface area contributed by atoms with Crippen LogP contribution >= 0.6 is 0 Å². The number of nitrogens with one attached hydrogen (secondary N) is 1. The standard InChI is InChI=1S/C15H24N2O3/c1-4-12-5-7-15(19,8-6-12)9-16-14(18)13-10(2)17-20-11(13)3/h12,19H,4-9H2,1-3H3,(H,16,18). The number of aliphatic hydroxyl groups is 1. The van der Waals surface area contributed by atoms with Crippen LogP contribution in [0.5, 0.6) is 0 Å². The second-order valence-corrected chi connectivity index (χ2v) is 5.96. The van der Waals surface area contributed by atoms with Crippen LogP contribution in [0.3, 0.4) is 0 Å². The molecule has 0 unspecified atom stereocenters. The molecule has 0 aliphatic heterocycles. The lowest BCUT2D eigenvalue weighted by Crippen LogP contribution is -2.45. The molecule has 20 heavy (non-hydrogen) atoms. The Balaban J connectivity index is 1.91. The highest BCUT2D eigenvalue weighted by Gasteiger charge is 2.33. The van der Waals surface area contributed by atoms with Gasteiger partial charge in [-0.25, -0.2) is 0 Å². The molecule has 0 spiro atoms. The van der Waals surface area contributed by atoms with E-state index in [1.165, 1.54) is 6.42 Å². The third kappa shape index (κ3) is 3.20.